The van der Waals surface area contributed by atoms with Gasteiger partial charge in [-0.2, -0.15) is 0 Å². The highest BCUT2D eigenvalue weighted by Crippen LogP contribution is 2.28. The second-order valence-corrected chi connectivity index (χ2v) is 6.13. The Labute approximate surface area is 114 Å². The normalized spacial score (nSPS) is 11.7. The van der Waals surface area contributed by atoms with Crippen LogP contribution in [-0.2, 0) is 16.0 Å². The summed E-state index contributed by atoms with van der Waals surface area (Å²) in [6.45, 7) is 5.37. The quantitative estimate of drug-likeness (QED) is 0.918. The van der Waals surface area contributed by atoms with E-state index in [1.54, 1.807) is 33.0 Å². The summed E-state index contributed by atoms with van der Waals surface area (Å²) in [6.07, 6.45) is 0.948. The van der Waals surface area contributed by atoms with Gasteiger partial charge in [0.25, 0.3) is 0 Å². The Morgan fingerprint density at radius 1 is 1.42 bits per heavy atom. The Kier molecular flexibility index (Phi) is 3.36. The maximum Gasteiger partial charge on any atom is 0.419 e. The second-order valence-electron chi connectivity index (χ2n) is 5.21. The molecule has 0 saturated heterocycles. The van der Waals surface area contributed by atoms with Gasteiger partial charge in [0.1, 0.15) is 5.60 Å². The minimum atomic E-state index is -0.920. The van der Waals surface area contributed by atoms with Crippen LogP contribution >= 0.6 is 11.3 Å². The van der Waals surface area contributed by atoms with Crippen molar-refractivity contribution in [3.8, 4) is 0 Å². The molecule has 1 N–H and O–H groups in total. The molecule has 0 radical (unpaired) electrons. The first kappa shape index (κ1) is 13.6. The van der Waals surface area contributed by atoms with Gasteiger partial charge in [0.15, 0.2) is 0 Å². The van der Waals surface area contributed by atoms with Crippen molar-refractivity contribution in [2.24, 2.45) is 0 Å². The summed E-state index contributed by atoms with van der Waals surface area (Å²) in [5.74, 6) is -0.920. The highest BCUT2D eigenvalue weighted by molar-refractivity contribution is 7.17. The maximum absolute atomic E-state index is 12.1. The van der Waals surface area contributed by atoms with Crippen molar-refractivity contribution < 1.29 is 19.4 Å². The van der Waals surface area contributed by atoms with Crippen LogP contribution in [0.4, 0.5) is 4.79 Å². The summed E-state index contributed by atoms with van der Waals surface area (Å²) in [7, 11) is 0. The van der Waals surface area contributed by atoms with E-state index in [1.165, 1.54) is 15.9 Å². The number of hydrogen-bond acceptors (Lipinski definition) is 4. The topological polar surface area (TPSA) is 68.5 Å². The lowest BCUT2D eigenvalue weighted by atomic mass is 10.2. The van der Waals surface area contributed by atoms with Gasteiger partial charge in [-0.15, -0.1) is 11.3 Å². The van der Waals surface area contributed by atoms with Gasteiger partial charge in [-0.3, -0.25) is 9.36 Å². The van der Waals surface area contributed by atoms with Gasteiger partial charge in [-0.05, 0) is 37.8 Å². The molecule has 0 aliphatic heterocycles. The van der Waals surface area contributed by atoms with Crippen molar-refractivity contribution >= 4 is 33.6 Å². The molecule has 0 fully saturated rings. The molecule has 102 valence electrons. The second kappa shape index (κ2) is 4.70. The Morgan fingerprint density at radius 2 is 2.11 bits per heavy atom. The third-order valence-corrected chi connectivity index (χ3v) is 3.39. The molecular weight excluding hydrogens is 266 g/mol. The lowest BCUT2D eigenvalue weighted by molar-refractivity contribution is -0.136. The first-order valence-electron chi connectivity index (χ1n) is 5.80. The van der Waals surface area contributed by atoms with E-state index in [4.69, 9.17) is 9.84 Å². The molecule has 0 unspecified atom stereocenters. The summed E-state index contributed by atoms with van der Waals surface area (Å²) in [5, 5.41) is 10.7. The van der Waals surface area contributed by atoms with E-state index in [1.807, 2.05) is 5.38 Å². The highest BCUT2D eigenvalue weighted by atomic mass is 32.1. The predicted octanol–water partition coefficient (Wildman–Crippen LogP) is 3.11. The van der Waals surface area contributed by atoms with Crippen molar-refractivity contribution in [1.82, 2.24) is 4.57 Å². The van der Waals surface area contributed by atoms with Crippen LogP contribution in [0.1, 0.15) is 26.3 Å². The van der Waals surface area contributed by atoms with Gasteiger partial charge in [0.2, 0.25) is 0 Å². The average Bonchev–Trinajstić information content (AvgIpc) is 2.77. The van der Waals surface area contributed by atoms with E-state index in [0.29, 0.717) is 11.1 Å². The zero-order chi connectivity index (χ0) is 14.2. The van der Waals surface area contributed by atoms with E-state index in [9.17, 15) is 9.59 Å². The van der Waals surface area contributed by atoms with Crippen LogP contribution < -0.4 is 0 Å². The molecule has 0 atom stereocenters. The van der Waals surface area contributed by atoms with Gasteiger partial charge >= 0.3 is 12.1 Å². The van der Waals surface area contributed by atoms with Crippen LogP contribution in [0.2, 0.25) is 0 Å². The number of ether oxygens (including phenoxy) is 1. The van der Waals surface area contributed by atoms with Crippen LogP contribution in [0.3, 0.4) is 0 Å². The molecule has 0 saturated carbocycles. The fourth-order valence-corrected chi connectivity index (χ4v) is 2.66. The molecule has 2 aromatic rings. The number of carboxylic acid groups (broad SMARTS) is 1. The average molecular weight is 281 g/mol. The molecule has 0 aliphatic rings. The Balaban J connectivity index is 2.41. The smallest absolute Gasteiger partial charge is 0.419 e. The number of thiophene rings is 1. The summed E-state index contributed by atoms with van der Waals surface area (Å²) >= 11 is 1.42. The number of nitrogens with zero attached hydrogens (tertiary/aromatic N) is 1. The molecule has 6 heteroatoms. The van der Waals surface area contributed by atoms with Crippen LogP contribution in [0.15, 0.2) is 17.6 Å². The standard InChI is InChI=1S/C13H15NO4S/c1-13(2,3)18-12(17)14-7-8(6-10(15)16)11-9(14)4-5-19-11/h4-5,7H,6H2,1-3H3,(H,15,16). The Hall–Kier alpha value is -1.82. The van der Waals surface area contributed by atoms with Crippen LogP contribution in [0.25, 0.3) is 10.2 Å². The minimum Gasteiger partial charge on any atom is -0.481 e. The molecule has 0 bridgehead atoms. The number of hydrogen-bond donors (Lipinski definition) is 1. The molecule has 0 aromatic carbocycles. The zero-order valence-electron chi connectivity index (χ0n) is 11.0. The minimum absolute atomic E-state index is 0.104. The van der Waals surface area contributed by atoms with Crippen molar-refractivity contribution in [1.29, 1.82) is 0 Å². The fraction of sp³-hybridized carbons (Fsp3) is 0.385. The number of rotatable bonds is 2. The van der Waals surface area contributed by atoms with Gasteiger partial charge in [-0.25, -0.2) is 4.79 Å². The van der Waals surface area contributed by atoms with Gasteiger partial charge in [0, 0.05) is 6.20 Å². The molecule has 2 rings (SSSR count). The van der Waals surface area contributed by atoms with Crippen LogP contribution in [-0.4, -0.2) is 27.3 Å². The van der Waals surface area contributed by atoms with Crippen LogP contribution in [0, 0.1) is 0 Å². The molecule has 2 aromatic heterocycles. The monoisotopic (exact) mass is 281 g/mol. The van der Waals surface area contributed by atoms with E-state index >= 15 is 0 Å². The molecule has 0 amide bonds. The van der Waals surface area contributed by atoms with Crippen molar-refractivity contribution in [2.75, 3.05) is 0 Å². The number of carbonyl (C=O) groups excluding carboxylic acids is 1. The third kappa shape index (κ3) is 2.96. The summed E-state index contributed by atoms with van der Waals surface area (Å²) in [4.78, 5) is 22.9. The van der Waals surface area contributed by atoms with Gasteiger partial charge in [-0.1, -0.05) is 0 Å². The third-order valence-electron chi connectivity index (χ3n) is 2.41. The lowest BCUT2D eigenvalue weighted by Crippen LogP contribution is -2.26. The van der Waals surface area contributed by atoms with Crippen molar-refractivity contribution in [3.63, 3.8) is 0 Å². The summed E-state index contributed by atoms with van der Waals surface area (Å²) in [5.41, 5.74) is 0.732. The summed E-state index contributed by atoms with van der Waals surface area (Å²) in [6, 6.07) is 1.79. The van der Waals surface area contributed by atoms with E-state index in [-0.39, 0.29) is 6.42 Å². The van der Waals surface area contributed by atoms with E-state index in [0.717, 1.165) is 4.70 Å². The number of fused-ring (bicyclic) bond motifs is 1. The molecule has 19 heavy (non-hydrogen) atoms. The lowest BCUT2D eigenvalue weighted by Gasteiger charge is -2.19. The fourth-order valence-electron chi connectivity index (χ4n) is 1.77. The van der Waals surface area contributed by atoms with Crippen molar-refractivity contribution in [3.05, 3.63) is 23.2 Å². The molecule has 0 aliphatic carbocycles. The number of aliphatic carboxylic acids is 1. The number of carbonyl (C=O) groups is 2. The van der Waals surface area contributed by atoms with Gasteiger partial charge in [0.05, 0.1) is 16.6 Å². The molecule has 2 heterocycles. The number of aromatic nitrogens is 1. The summed E-state index contributed by atoms with van der Waals surface area (Å²) < 4.78 is 7.48. The first-order valence-corrected chi connectivity index (χ1v) is 6.68. The van der Waals surface area contributed by atoms with E-state index in [2.05, 4.69) is 0 Å². The van der Waals surface area contributed by atoms with Gasteiger partial charge < -0.3 is 9.84 Å². The first-order chi connectivity index (χ1) is 8.78. The zero-order valence-corrected chi connectivity index (χ0v) is 11.8. The SMILES string of the molecule is CC(C)(C)OC(=O)n1cc(CC(=O)O)c2sccc21. The Bertz CT molecular complexity index is 633. The van der Waals surface area contributed by atoms with Crippen molar-refractivity contribution in [2.45, 2.75) is 32.8 Å². The highest BCUT2D eigenvalue weighted by Gasteiger charge is 2.21. The van der Waals surface area contributed by atoms with Crippen LogP contribution in [0.5, 0.6) is 0 Å². The number of carboxylic acids is 1. The molecular formula is C13H15NO4S. The Morgan fingerprint density at radius 3 is 2.68 bits per heavy atom. The van der Waals surface area contributed by atoms with E-state index < -0.39 is 17.7 Å². The molecule has 0 spiro atoms. The predicted molar refractivity (Wildman–Crippen MR) is 72.8 cm³/mol. The largest absolute Gasteiger partial charge is 0.481 e. The maximum atomic E-state index is 12.1. The molecule has 5 nitrogen and oxygen atoms in total.